The molecule has 0 aliphatic carbocycles. The van der Waals surface area contributed by atoms with Gasteiger partial charge in [-0.05, 0) is 44.9 Å². The van der Waals surface area contributed by atoms with Gasteiger partial charge in [0, 0.05) is 18.1 Å². The largest absolute Gasteiger partial charge is 0.369 e. The molecule has 0 saturated heterocycles. The molecule has 4 N–H and O–H groups in total. The van der Waals surface area contributed by atoms with Gasteiger partial charge in [0.15, 0.2) is 5.96 Å². The van der Waals surface area contributed by atoms with Crippen molar-refractivity contribution >= 4 is 47.4 Å². The number of benzene rings is 1. The van der Waals surface area contributed by atoms with Crippen LogP contribution in [0.3, 0.4) is 0 Å². The third kappa shape index (κ3) is 8.41. The normalized spacial score (nSPS) is 11.6. The molecule has 0 aromatic heterocycles. The van der Waals surface area contributed by atoms with E-state index in [4.69, 9.17) is 17.3 Å². The molecule has 0 unspecified atom stereocenters. The lowest BCUT2D eigenvalue weighted by Gasteiger charge is -2.19. The van der Waals surface area contributed by atoms with Crippen LogP contribution in [-0.2, 0) is 11.2 Å². The molecule has 23 heavy (non-hydrogen) atoms. The Labute approximate surface area is 160 Å². The second kappa shape index (κ2) is 10.7. The van der Waals surface area contributed by atoms with Gasteiger partial charge >= 0.3 is 0 Å². The molecule has 1 rings (SSSR count). The zero-order valence-corrected chi connectivity index (χ0v) is 16.9. The summed E-state index contributed by atoms with van der Waals surface area (Å²) in [6.07, 6.45) is 0.862. The second-order valence-corrected chi connectivity index (χ2v) is 6.18. The van der Waals surface area contributed by atoms with Crippen LogP contribution in [0.4, 0.5) is 0 Å². The number of amides is 1. The number of primary amides is 1. The van der Waals surface area contributed by atoms with Crippen LogP contribution >= 0.6 is 35.6 Å². The van der Waals surface area contributed by atoms with Crippen LogP contribution < -0.4 is 16.4 Å². The Morgan fingerprint density at radius 3 is 2.39 bits per heavy atom. The monoisotopic (exact) mass is 452 g/mol. The first-order valence-electron chi connectivity index (χ1n) is 7.41. The van der Waals surface area contributed by atoms with E-state index >= 15 is 0 Å². The van der Waals surface area contributed by atoms with Crippen LogP contribution in [0.1, 0.15) is 26.3 Å². The Balaban J connectivity index is 0.00000484. The number of nitrogens with zero attached hydrogens (tertiary/aromatic N) is 1. The van der Waals surface area contributed by atoms with Gasteiger partial charge in [-0.25, -0.2) is 0 Å². The molecular weight excluding hydrogens is 427 g/mol. The summed E-state index contributed by atoms with van der Waals surface area (Å²) >= 11 is 5.86. The predicted molar refractivity (Wildman–Crippen MR) is 108 cm³/mol. The van der Waals surface area contributed by atoms with Crippen molar-refractivity contribution in [1.82, 2.24) is 10.6 Å². The third-order valence-electron chi connectivity index (χ3n) is 3.26. The lowest BCUT2D eigenvalue weighted by atomic mass is 9.93. The number of guanidine groups is 1. The minimum absolute atomic E-state index is 0. The molecule has 0 heterocycles. The fraction of sp³-hybridized carbons (Fsp3) is 0.500. The van der Waals surface area contributed by atoms with E-state index in [1.54, 1.807) is 13.8 Å². The molecule has 0 radical (unpaired) electrons. The third-order valence-corrected chi connectivity index (χ3v) is 3.52. The van der Waals surface area contributed by atoms with Crippen LogP contribution in [0, 0.1) is 5.41 Å². The Hall–Kier alpha value is -1.02. The lowest BCUT2D eigenvalue weighted by Crippen LogP contribution is -2.40. The number of halogens is 2. The predicted octanol–water partition coefficient (Wildman–Crippen LogP) is 2.57. The summed E-state index contributed by atoms with van der Waals surface area (Å²) in [6, 6.07) is 7.77. The van der Waals surface area contributed by atoms with Crippen molar-refractivity contribution in [2.24, 2.45) is 16.1 Å². The molecule has 130 valence electrons. The summed E-state index contributed by atoms with van der Waals surface area (Å²) in [5.41, 5.74) is 5.90. The molecular formula is C16H26ClIN4O. The van der Waals surface area contributed by atoms with Gasteiger partial charge in [-0.15, -0.1) is 24.0 Å². The van der Waals surface area contributed by atoms with E-state index in [1.165, 1.54) is 5.56 Å². The van der Waals surface area contributed by atoms with Gasteiger partial charge < -0.3 is 16.4 Å². The van der Waals surface area contributed by atoms with Crippen molar-refractivity contribution in [2.75, 3.05) is 19.6 Å². The van der Waals surface area contributed by atoms with Crippen molar-refractivity contribution < 1.29 is 4.79 Å². The first-order valence-corrected chi connectivity index (χ1v) is 7.79. The summed E-state index contributed by atoms with van der Waals surface area (Å²) in [6.45, 7) is 7.41. The Kier molecular flexibility index (Phi) is 10.2. The summed E-state index contributed by atoms with van der Waals surface area (Å²) in [5.74, 6) is 0.332. The number of carbonyl (C=O) groups excluding carboxylic acids is 1. The lowest BCUT2D eigenvalue weighted by molar-refractivity contribution is -0.125. The summed E-state index contributed by atoms with van der Waals surface area (Å²) < 4.78 is 0. The number of nitrogens with one attached hydrogen (secondary N) is 2. The maximum Gasteiger partial charge on any atom is 0.224 e. The molecule has 0 aliphatic rings. The Bertz CT molecular complexity index is 517. The average Bonchev–Trinajstić information content (AvgIpc) is 2.46. The maximum absolute atomic E-state index is 11.3. The van der Waals surface area contributed by atoms with Crippen LogP contribution in [0.2, 0.25) is 5.02 Å². The standard InChI is InChI=1S/C16H25ClN4O.HI/c1-4-19-15(21-11-16(2,3)14(18)22)20-10-9-12-5-7-13(17)8-6-12;/h5-8H,4,9-11H2,1-3H3,(H2,18,22)(H2,19,20,21);1H. The fourth-order valence-corrected chi connectivity index (χ4v) is 1.80. The number of nitrogens with two attached hydrogens (primary N) is 1. The summed E-state index contributed by atoms with van der Waals surface area (Å²) in [5, 5.41) is 7.14. The number of hydrogen-bond donors (Lipinski definition) is 3. The van der Waals surface area contributed by atoms with Gasteiger partial charge in [0.25, 0.3) is 0 Å². The zero-order valence-electron chi connectivity index (χ0n) is 13.9. The number of rotatable bonds is 7. The number of hydrogen-bond acceptors (Lipinski definition) is 2. The van der Waals surface area contributed by atoms with Gasteiger partial charge in [0.05, 0.1) is 12.0 Å². The highest BCUT2D eigenvalue weighted by Gasteiger charge is 2.24. The molecule has 5 nitrogen and oxygen atoms in total. The molecule has 0 saturated carbocycles. The fourth-order valence-electron chi connectivity index (χ4n) is 1.67. The number of carbonyl (C=O) groups is 1. The van der Waals surface area contributed by atoms with Crippen molar-refractivity contribution in [2.45, 2.75) is 27.2 Å². The first kappa shape index (κ1) is 22.0. The summed E-state index contributed by atoms with van der Waals surface area (Å²) in [4.78, 5) is 15.7. The van der Waals surface area contributed by atoms with Crippen LogP contribution in [0.25, 0.3) is 0 Å². The molecule has 0 spiro atoms. The SMILES string of the molecule is CCNC(=NCC(C)(C)C(N)=O)NCCc1ccc(Cl)cc1.I. The quantitative estimate of drug-likeness (QED) is 0.338. The molecule has 0 atom stereocenters. The van der Waals surface area contributed by atoms with E-state index in [0.29, 0.717) is 12.5 Å². The maximum atomic E-state index is 11.3. The molecule has 0 fully saturated rings. The summed E-state index contributed by atoms with van der Waals surface area (Å²) in [7, 11) is 0. The second-order valence-electron chi connectivity index (χ2n) is 5.75. The smallest absolute Gasteiger partial charge is 0.224 e. The van der Waals surface area contributed by atoms with E-state index in [9.17, 15) is 4.79 Å². The molecule has 1 amide bonds. The van der Waals surface area contributed by atoms with Crippen LogP contribution in [-0.4, -0.2) is 31.5 Å². The zero-order chi connectivity index (χ0) is 16.6. The molecule has 0 aliphatic heterocycles. The van der Waals surface area contributed by atoms with Gasteiger partial charge in [0.1, 0.15) is 0 Å². The van der Waals surface area contributed by atoms with Crippen LogP contribution in [0.15, 0.2) is 29.3 Å². The highest BCUT2D eigenvalue weighted by Crippen LogP contribution is 2.14. The topological polar surface area (TPSA) is 79.5 Å². The van der Waals surface area contributed by atoms with Crippen molar-refractivity contribution in [3.05, 3.63) is 34.9 Å². The van der Waals surface area contributed by atoms with Gasteiger partial charge in [0.2, 0.25) is 5.91 Å². The Morgan fingerprint density at radius 2 is 1.87 bits per heavy atom. The highest BCUT2D eigenvalue weighted by atomic mass is 127. The van der Waals surface area contributed by atoms with E-state index in [0.717, 1.165) is 24.5 Å². The van der Waals surface area contributed by atoms with E-state index in [2.05, 4.69) is 15.6 Å². The Morgan fingerprint density at radius 1 is 1.26 bits per heavy atom. The number of aliphatic imine (C=N–C) groups is 1. The molecule has 7 heteroatoms. The van der Waals surface area contributed by atoms with E-state index in [-0.39, 0.29) is 29.9 Å². The van der Waals surface area contributed by atoms with E-state index < -0.39 is 5.41 Å². The van der Waals surface area contributed by atoms with Crippen LogP contribution in [0.5, 0.6) is 0 Å². The van der Waals surface area contributed by atoms with Crippen molar-refractivity contribution in [3.63, 3.8) is 0 Å². The van der Waals surface area contributed by atoms with Gasteiger partial charge in [-0.1, -0.05) is 23.7 Å². The van der Waals surface area contributed by atoms with E-state index in [1.807, 2.05) is 31.2 Å². The van der Waals surface area contributed by atoms with Crippen molar-refractivity contribution in [3.8, 4) is 0 Å². The van der Waals surface area contributed by atoms with Gasteiger partial charge in [-0.2, -0.15) is 0 Å². The highest BCUT2D eigenvalue weighted by molar-refractivity contribution is 14.0. The molecule has 0 bridgehead atoms. The average molecular weight is 453 g/mol. The first-order chi connectivity index (χ1) is 10.3. The molecule has 1 aromatic carbocycles. The van der Waals surface area contributed by atoms with Crippen molar-refractivity contribution in [1.29, 1.82) is 0 Å². The minimum atomic E-state index is -0.654. The minimum Gasteiger partial charge on any atom is -0.369 e. The van der Waals surface area contributed by atoms with Gasteiger partial charge in [-0.3, -0.25) is 9.79 Å². The molecule has 1 aromatic rings.